The first-order chi connectivity index (χ1) is 20.1. The maximum absolute atomic E-state index is 6.46. The first-order valence-corrected chi connectivity index (χ1v) is 20.7. The molecule has 1 unspecified atom stereocenters. The number of nitrogens with zero attached hydrogens (tertiary/aromatic N) is 2. The molecule has 11 heteroatoms. The zero-order chi connectivity index (χ0) is 30.3. The fourth-order valence-electron chi connectivity index (χ4n) is 3.59. The van der Waals surface area contributed by atoms with Gasteiger partial charge in [0.05, 0.1) is 37.5 Å². The van der Waals surface area contributed by atoms with Crippen molar-refractivity contribution in [3.05, 3.63) is 0 Å². The summed E-state index contributed by atoms with van der Waals surface area (Å²) in [5, 5.41) is 0. The van der Waals surface area contributed by atoms with Crippen molar-refractivity contribution in [3.8, 4) is 0 Å². The van der Waals surface area contributed by atoms with Crippen LogP contribution in [0, 0.1) is 0 Å². The molecule has 0 saturated carbocycles. The molecular weight excluding hydrogens is 577 g/mol. The zero-order valence-electron chi connectivity index (χ0n) is 27.7. The van der Waals surface area contributed by atoms with Crippen LogP contribution < -0.4 is 0 Å². The molecule has 0 bridgehead atoms. The molecule has 0 amide bonds. The summed E-state index contributed by atoms with van der Waals surface area (Å²) in [6.07, 6.45) is 19.2. The Labute approximate surface area is 257 Å². The standard InChI is InChI=1S/C30H66N2O6P3/c1-7-13-19-25-33-39(31-40(34-26-20-14-8-2)35-27-21-15-9-3)32-41(36-28-22-16-10-4,37-29-23-17-11-5)38-30-24-18-12-6/h7-30H2,1-6H3/q+1. The molecule has 41 heavy (non-hydrogen) atoms. The molecule has 0 fully saturated rings. The van der Waals surface area contributed by atoms with Gasteiger partial charge in [-0.25, -0.2) is 0 Å². The van der Waals surface area contributed by atoms with Crippen LogP contribution >= 0.6 is 24.4 Å². The molecule has 0 aliphatic rings. The second kappa shape index (κ2) is 31.9. The average molecular weight is 644 g/mol. The van der Waals surface area contributed by atoms with Crippen molar-refractivity contribution >= 4 is 24.4 Å². The molecule has 0 saturated heterocycles. The maximum Gasteiger partial charge on any atom is 0.546 e. The van der Waals surface area contributed by atoms with Gasteiger partial charge in [0.15, 0.2) is 0 Å². The van der Waals surface area contributed by atoms with Gasteiger partial charge in [0.25, 0.3) is 0 Å². The van der Waals surface area contributed by atoms with Crippen LogP contribution in [0.25, 0.3) is 0 Å². The predicted octanol–water partition coefficient (Wildman–Crippen LogP) is 12.9. The lowest BCUT2D eigenvalue weighted by Crippen LogP contribution is -2.05. The van der Waals surface area contributed by atoms with E-state index in [1.807, 2.05) is 0 Å². The van der Waals surface area contributed by atoms with E-state index in [2.05, 4.69) is 41.5 Å². The summed E-state index contributed by atoms with van der Waals surface area (Å²) >= 11 is 0. The third-order valence-corrected chi connectivity index (χ3v) is 11.6. The van der Waals surface area contributed by atoms with E-state index in [0.29, 0.717) is 39.6 Å². The quantitative estimate of drug-likeness (QED) is 0.0536. The van der Waals surface area contributed by atoms with E-state index in [4.69, 9.17) is 36.2 Å². The molecule has 0 heterocycles. The van der Waals surface area contributed by atoms with E-state index in [0.717, 1.165) is 116 Å². The minimum absolute atomic E-state index is 0.557. The average Bonchev–Trinajstić information content (AvgIpc) is 2.98. The first kappa shape index (κ1) is 41.5. The SMILES string of the molecule is CCCCCOP(N=[P+](N=P(OCCCCC)(OCCCCC)OCCCCC)OCCCCC)OCCCCC. The summed E-state index contributed by atoms with van der Waals surface area (Å²) < 4.78 is 48.2. The molecule has 1 atom stereocenters. The van der Waals surface area contributed by atoms with Gasteiger partial charge in [-0.05, 0) is 38.5 Å². The summed E-state index contributed by atoms with van der Waals surface area (Å²) in [5.74, 6) is 0. The molecule has 0 N–H and O–H groups in total. The molecule has 0 spiro atoms. The van der Waals surface area contributed by atoms with Crippen LogP contribution in [0.15, 0.2) is 9.03 Å². The lowest BCUT2D eigenvalue weighted by molar-refractivity contribution is 0.142. The Morgan fingerprint density at radius 2 is 0.805 bits per heavy atom. The second-order valence-electron chi connectivity index (χ2n) is 10.4. The van der Waals surface area contributed by atoms with E-state index in [9.17, 15) is 0 Å². The van der Waals surface area contributed by atoms with Crippen LogP contribution in [0.1, 0.15) is 157 Å². The first-order valence-electron chi connectivity index (χ1n) is 16.9. The Morgan fingerprint density at radius 1 is 0.463 bits per heavy atom. The van der Waals surface area contributed by atoms with Gasteiger partial charge in [0, 0.05) is 4.52 Å². The smallest absolute Gasteiger partial charge is 0.314 e. The van der Waals surface area contributed by atoms with Crippen molar-refractivity contribution in [1.82, 2.24) is 0 Å². The summed E-state index contributed by atoms with van der Waals surface area (Å²) in [4.78, 5) is 0. The van der Waals surface area contributed by atoms with Crippen molar-refractivity contribution in [1.29, 1.82) is 0 Å². The Kier molecular flexibility index (Phi) is 32.3. The van der Waals surface area contributed by atoms with E-state index >= 15 is 0 Å². The third kappa shape index (κ3) is 25.5. The molecule has 8 nitrogen and oxygen atoms in total. The third-order valence-electron chi connectivity index (χ3n) is 6.20. The van der Waals surface area contributed by atoms with Gasteiger partial charge in [0.2, 0.25) is 0 Å². The Hall–Kier alpha value is 0.520. The van der Waals surface area contributed by atoms with Crippen LogP contribution in [0.5, 0.6) is 0 Å². The molecule has 0 aliphatic carbocycles. The lowest BCUT2D eigenvalue weighted by atomic mass is 10.3. The van der Waals surface area contributed by atoms with Gasteiger partial charge in [-0.3, -0.25) is 0 Å². The number of unbranched alkanes of at least 4 members (excludes halogenated alkanes) is 12. The van der Waals surface area contributed by atoms with Crippen molar-refractivity contribution in [3.63, 3.8) is 0 Å². The van der Waals surface area contributed by atoms with Crippen LogP contribution in [-0.2, 0) is 27.1 Å². The van der Waals surface area contributed by atoms with Crippen molar-refractivity contribution in [2.45, 2.75) is 157 Å². The molecule has 0 aliphatic heterocycles. The van der Waals surface area contributed by atoms with Crippen molar-refractivity contribution in [2.75, 3.05) is 39.6 Å². The zero-order valence-corrected chi connectivity index (χ0v) is 30.3. The van der Waals surface area contributed by atoms with Gasteiger partial charge in [-0.15, -0.1) is 4.52 Å². The molecule has 246 valence electrons. The Morgan fingerprint density at radius 3 is 1.17 bits per heavy atom. The molecule has 0 rings (SSSR count). The Balaban J connectivity index is 6.28. The van der Waals surface area contributed by atoms with E-state index < -0.39 is 24.4 Å². The number of hydrogen-bond donors (Lipinski definition) is 0. The van der Waals surface area contributed by atoms with Gasteiger partial charge in [-0.2, -0.15) is 0 Å². The van der Waals surface area contributed by atoms with Crippen LogP contribution in [-0.4, -0.2) is 39.6 Å². The molecule has 0 radical (unpaired) electrons. The normalized spacial score (nSPS) is 12.5. The molecule has 0 aromatic rings. The summed E-state index contributed by atoms with van der Waals surface area (Å²) in [5.41, 5.74) is 0. The van der Waals surface area contributed by atoms with Crippen LogP contribution in [0.3, 0.4) is 0 Å². The monoisotopic (exact) mass is 643 g/mol. The molecule has 0 aromatic carbocycles. The minimum atomic E-state index is -3.02. The summed E-state index contributed by atoms with van der Waals surface area (Å²) in [7, 11) is -6.13. The van der Waals surface area contributed by atoms with E-state index in [-0.39, 0.29) is 0 Å². The highest BCUT2D eigenvalue weighted by Crippen LogP contribution is 2.61. The van der Waals surface area contributed by atoms with Crippen molar-refractivity contribution in [2.24, 2.45) is 9.03 Å². The lowest BCUT2D eigenvalue weighted by Gasteiger charge is -2.21. The molecule has 0 aromatic heterocycles. The van der Waals surface area contributed by atoms with Crippen LogP contribution in [0.2, 0.25) is 0 Å². The fraction of sp³-hybridized carbons (Fsp3) is 1.00. The van der Waals surface area contributed by atoms with E-state index in [1.54, 1.807) is 0 Å². The van der Waals surface area contributed by atoms with E-state index in [1.165, 1.54) is 0 Å². The summed E-state index contributed by atoms with van der Waals surface area (Å²) in [6, 6.07) is 0. The van der Waals surface area contributed by atoms with Crippen LogP contribution in [0.4, 0.5) is 0 Å². The Bertz CT molecular complexity index is 593. The number of rotatable bonds is 32. The highest BCUT2D eigenvalue weighted by molar-refractivity contribution is 7.62. The topological polar surface area (TPSA) is 80.1 Å². The number of hydrogen-bond acceptors (Lipinski definition) is 7. The fourth-order valence-corrected chi connectivity index (χ4v) is 8.99. The highest BCUT2D eigenvalue weighted by atomic mass is 31.2. The maximum atomic E-state index is 6.46. The van der Waals surface area contributed by atoms with Gasteiger partial charge < -0.3 is 22.6 Å². The van der Waals surface area contributed by atoms with Gasteiger partial charge >= 0.3 is 24.4 Å². The minimum Gasteiger partial charge on any atom is -0.314 e. The van der Waals surface area contributed by atoms with Crippen molar-refractivity contribution < 1.29 is 27.1 Å². The highest BCUT2D eigenvalue weighted by Gasteiger charge is 2.34. The molecular formula is C30H66N2O6P3+. The van der Waals surface area contributed by atoms with Gasteiger partial charge in [-0.1, -0.05) is 119 Å². The second-order valence-corrected chi connectivity index (χ2v) is 15.3. The summed E-state index contributed by atoms with van der Waals surface area (Å²) in [6.45, 7) is 16.7. The van der Waals surface area contributed by atoms with Gasteiger partial charge in [0.1, 0.15) is 6.61 Å². The predicted molar refractivity (Wildman–Crippen MR) is 178 cm³/mol. The largest absolute Gasteiger partial charge is 0.546 e.